The fraction of sp³-hybridized carbons (Fsp3) is 0.556. The summed E-state index contributed by atoms with van der Waals surface area (Å²) in [5, 5.41) is 0. The van der Waals surface area contributed by atoms with E-state index in [1.54, 1.807) is 0 Å². The number of carbonyl (C=O) groups is 2. The first-order valence-electron chi connectivity index (χ1n) is 4.05. The molecule has 1 fully saturated rings. The highest BCUT2D eigenvalue weighted by atomic mass is 16.5. The normalized spacial score (nSPS) is 32.1. The molecule has 64 valence electrons. The number of hydrogen-bond acceptors (Lipinski definition) is 3. The van der Waals surface area contributed by atoms with E-state index >= 15 is 0 Å². The minimum absolute atomic E-state index is 0.151. The third-order valence-electron chi connectivity index (χ3n) is 2.60. The molecule has 12 heavy (non-hydrogen) atoms. The van der Waals surface area contributed by atoms with Crippen molar-refractivity contribution >= 4 is 11.8 Å². The van der Waals surface area contributed by atoms with E-state index in [-0.39, 0.29) is 17.7 Å². The van der Waals surface area contributed by atoms with Gasteiger partial charge in [0.05, 0.1) is 13.0 Å². The number of carbonyl (C=O) groups excluding carboxylic acids is 2. The van der Waals surface area contributed by atoms with Crippen molar-refractivity contribution in [3.8, 4) is 0 Å². The summed E-state index contributed by atoms with van der Waals surface area (Å²) in [6.45, 7) is 0. The van der Waals surface area contributed by atoms with Crippen LogP contribution in [0.1, 0.15) is 12.8 Å². The van der Waals surface area contributed by atoms with Crippen LogP contribution < -0.4 is 0 Å². The van der Waals surface area contributed by atoms with Gasteiger partial charge in [0, 0.05) is 12.0 Å². The second kappa shape index (κ2) is 2.44. The lowest BCUT2D eigenvalue weighted by molar-refractivity contribution is -0.138. The van der Waals surface area contributed by atoms with Gasteiger partial charge in [-0.15, -0.1) is 0 Å². The van der Waals surface area contributed by atoms with E-state index in [9.17, 15) is 9.59 Å². The van der Waals surface area contributed by atoms with Gasteiger partial charge in [-0.2, -0.15) is 0 Å². The predicted molar refractivity (Wildman–Crippen MR) is 41.3 cm³/mol. The van der Waals surface area contributed by atoms with E-state index in [0.29, 0.717) is 17.9 Å². The Morgan fingerprint density at radius 3 is 2.92 bits per heavy atom. The van der Waals surface area contributed by atoms with Crippen LogP contribution in [0.5, 0.6) is 0 Å². The van der Waals surface area contributed by atoms with Crippen LogP contribution in [0, 0.1) is 11.8 Å². The number of methoxy groups -OCH3 is 1. The van der Waals surface area contributed by atoms with E-state index in [2.05, 4.69) is 4.74 Å². The maximum Gasteiger partial charge on any atom is 0.334 e. The van der Waals surface area contributed by atoms with Crippen LogP contribution >= 0.6 is 0 Å². The summed E-state index contributed by atoms with van der Waals surface area (Å²) >= 11 is 0. The summed E-state index contributed by atoms with van der Waals surface area (Å²) in [6, 6.07) is 0. The zero-order valence-corrected chi connectivity index (χ0v) is 6.87. The maximum absolute atomic E-state index is 11.2. The monoisotopic (exact) mass is 166 g/mol. The molecule has 2 aliphatic carbocycles. The van der Waals surface area contributed by atoms with Gasteiger partial charge in [-0.3, -0.25) is 4.79 Å². The van der Waals surface area contributed by atoms with Gasteiger partial charge in [0.25, 0.3) is 0 Å². The fourth-order valence-electron chi connectivity index (χ4n) is 2.04. The van der Waals surface area contributed by atoms with Crippen LogP contribution in [0.3, 0.4) is 0 Å². The first-order chi connectivity index (χ1) is 5.72. The van der Waals surface area contributed by atoms with Gasteiger partial charge >= 0.3 is 5.97 Å². The lowest BCUT2D eigenvalue weighted by Gasteiger charge is -2.09. The number of fused-ring (bicyclic) bond motifs is 2. The van der Waals surface area contributed by atoms with Crippen LogP contribution in [0.15, 0.2) is 11.6 Å². The molecule has 2 bridgehead atoms. The molecule has 2 rings (SSSR count). The highest BCUT2D eigenvalue weighted by Gasteiger charge is 2.42. The SMILES string of the molecule is COC(=O)C1=CC2CC(=O)C1C2. The molecule has 0 amide bonds. The minimum atomic E-state index is -0.337. The number of ether oxygens (including phenoxy) is 1. The third-order valence-corrected chi connectivity index (χ3v) is 2.60. The lowest BCUT2D eigenvalue weighted by atomic mass is 9.97. The van der Waals surface area contributed by atoms with Crippen molar-refractivity contribution in [2.24, 2.45) is 11.8 Å². The molecule has 0 spiro atoms. The summed E-state index contributed by atoms with van der Waals surface area (Å²) in [5.41, 5.74) is 0.582. The molecule has 0 heterocycles. The smallest absolute Gasteiger partial charge is 0.334 e. The fourth-order valence-corrected chi connectivity index (χ4v) is 2.04. The molecule has 1 saturated carbocycles. The third kappa shape index (κ3) is 0.891. The van der Waals surface area contributed by atoms with Crippen molar-refractivity contribution < 1.29 is 14.3 Å². The van der Waals surface area contributed by atoms with Crippen LogP contribution in [0.25, 0.3) is 0 Å². The Morgan fingerprint density at radius 1 is 1.67 bits per heavy atom. The van der Waals surface area contributed by atoms with Gasteiger partial charge < -0.3 is 4.74 Å². The molecule has 0 aromatic carbocycles. The average Bonchev–Trinajstić information content (AvgIpc) is 2.60. The van der Waals surface area contributed by atoms with E-state index in [1.807, 2.05) is 6.08 Å². The van der Waals surface area contributed by atoms with E-state index < -0.39 is 0 Å². The van der Waals surface area contributed by atoms with Gasteiger partial charge in [0.1, 0.15) is 5.78 Å². The van der Waals surface area contributed by atoms with Crippen LogP contribution in [0.2, 0.25) is 0 Å². The number of allylic oxidation sites excluding steroid dienone is 1. The number of rotatable bonds is 1. The Hall–Kier alpha value is -1.12. The second-order valence-electron chi connectivity index (χ2n) is 3.33. The van der Waals surface area contributed by atoms with Gasteiger partial charge in [-0.05, 0) is 12.3 Å². The van der Waals surface area contributed by atoms with Gasteiger partial charge in [0.2, 0.25) is 0 Å². The van der Waals surface area contributed by atoms with Crippen LogP contribution in [-0.4, -0.2) is 18.9 Å². The van der Waals surface area contributed by atoms with E-state index in [0.717, 1.165) is 6.42 Å². The molecule has 0 aromatic heterocycles. The summed E-state index contributed by atoms with van der Waals surface area (Å²) in [4.78, 5) is 22.3. The Labute approximate surface area is 70.4 Å². The van der Waals surface area contributed by atoms with Crippen LogP contribution in [0.4, 0.5) is 0 Å². The van der Waals surface area contributed by atoms with Crippen molar-refractivity contribution in [1.82, 2.24) is 0 Å². The summed E-state index contributed by atoms with van der Waals surface area (Å²) in [6.07, 6.45) is 3.33. The molecular weight excluding hydrogens is 156 g/mol. The molecule has 3 nitrogen and oxygen atoms in total. The minimum Gasteiger partial charge on any atom is -0.466 e. The van der Waals surface area contributed by atoms with Crippen molar-refractivity contribution in [2.75, 3.05) is 7.11 Å². The Balaban J connectivity index is 2.25. The molecule has 2 unspecified atom stereocenters. The summed E-state index contributed by atoms with van der Waals surface area (Å²) in [7, 11) is 1.35. The zero-order valence-electron chi connectivity index (χ0n) is 6.87. The van der Waals surface area contributed by atoms with Crippen molar-refractivity contribution in [3.63, 3.8) is 0 Å². The Kier molecular flexibility index (Phi) is 1.53. The number of ketones is 1. The first-order valence-corrected chi connectivity index (χ1v) is 4.05. The van der Waals surface area contributed by atoms with Crippen molar-refractivity contribution in [3.05, 3.63) is 11.6 Å². The van der Waals surface area contributed by atoms with Crippen molar-refractivity contribution in [2.45, 2.75) is 12.8 Å². The molecule has 0 aliphatic heterocycles. The highest BCUT2D eigenvalue weighted by Crippen LogP contribution is 2.41. The molecule has 0 N–H and O–H groups in total. The second-order valence-corrected chi connectivity index (χ2v) is 3.33. The van der Waals surface area contributed by atoms with Gasteiger partial charge in [0.15, 0.2) is 0 Å². The molecule has 0 saturated heterocycles. The summed E-state index contributed by atoms with van der Waals surface area (Å²) < 4.78 is 4.58. The topological polar surface area (TPSA) is 43.4 Å². The highest BCUT2D eigenvalue weighted by molar-refractivity contribution is 6.01. The predicted octanol–water partition coefficient (Wildman–Crippen LogP) is 0.695. The molecule has 0 radical (unpaired) electrons. The van der Waals surface area contributed by atoms with Gasteiger partial charge in [-0.25, -0.2) is 4.79 Å². The van der Waals surface area contributed by atoms with Crippen LogP contribution in [-0.2, 0) is 14.3 Å². The standard InChI is InChI=1S/C9H10O3/c1-12-9(11)7-3-5-2-6(7)8(10)4-5/h3,5-6H,2,4H2,1H3. The van der Waals surface area contributed by atoms with E-state index in [4.69, 9.17) is 0 Å². The molecule has 0 aromatic rings. The molecular formula is C9H10O3. The maximum atomic E-state index is 11.2. The Morgan fingerprint density at radius 2 is 2.42 bits per heavy atom. The lowest BCUT2D eigenvalue weighted by Crippen LogP contribution is -2.18. The quantitative estimate of drug-likeness (QED) is 0.538. The molecule has 2 aliphatic rings. The largest absolute Gasteiger partial charge is 0.466 e. The number of hydrogen-bond donors (Lipinski definition) is 0. The number of Topliss-reactive ketones (excluding diaryl/α,β-unsaturated/α-hetero) is 1. The van der Waals surface area contributed by atoms with Crippen molar-refractivity contribution in [1.29, 1.82) is 0 Å². The Bertz CT molecular complexity index is 277. The zero-order chi connectivity index (χ0) is 8.72. The number of esters is 1. The molecule has 2 atom stereocenters. The first kappa shape index (κ1) is 7.53. The molecule has 3 heteroatoms. The summed E-state index contributed by atoms with van der Waals surface area (Å²) in [5.74, 6) is 0.0116. The van der Waals surface area contributed by atoms with E-state index in [1.165, 1.54) is 7.11 Å². The van der Waals surface area contributed by atoms with Gasteiger partial charge in [-0.1, -0.05) is 6.08 Å². The average molecular weight is 166 g/mol.